The third-order valence-electron chi connectivity index (χ3n) is 5.64. The molecule has 140 valence electrons. The number of hydrogen-bond acceptors (Lipinski definition) is 5. The standard InChI is InChI=1S/C19H28N6O/c1-5-14(3)23-9-10-24(16(6-2)13-23)17-11-18(26)22(4)25-12-15(7-8-20)21-19(17)25/h11-12,14,16H,5-7,9-10,13H2,1-4H3. The van der Waals surface area contributed by atoms with Gasteiger partial charge in [-0.25, -0.2) is 14.2 Å². The molecule has 1 aliphatic rings. The first-order valence-corrected chi connectivity index (χ1v) is 9.46. The topological polar surface area (TPSA) is 69.6 Å². The Hall–Kier alpha value is -2.33. The zero-order chi connectivity index (χ0) is 18.8. The van der Waals surface area contributed by atoms with Crippen molar-refractivity contribution >= 4 is 11.3 Å². The number of nitriles is 1. The minimum atomic E-state index is -0.0624. The van der Waals surface area contributed by atoms with Gasteiger partial charge in [0.05, 0.1) is 30.1 Å². The number of imidazole rings is 1. The highest BCUT2D eigenvalue weighted by Crippen LogP contribution is 2.26. The van der Waals surface area contributed by atoms with Crippen LogP contribution in [0.25, 0.3) is 5.65 Å². The van der Waals surface area contributed by atoms with Crippen LogP contribution in [0.1, 0.15) is 39.3 Å². The summed E-state index contributed by atoms with van der Waals surface area (Å²) in [4.78, 5) is 22.0. The van der Waals surface area contributed by atoms with Crippen molar-refractivity contribution in [3.63, 3.8) is 0 Å². The Balaban J connectivity index is 2.03. The fourth-order valence-electron chi connectivity index (χ4n) is 3.78. The number of anilines is 1. The molecule has 2 aromatic heterocycles. The lowest BCUT2D eigenvalue weighted by Crippen LogP contribution is -2.55. The Bertz CT molecular complexity index is 877. The number of aromatic nitrogens is 3. The van der Waals surface area contributed by atoms with Gasteiger partial charge in [-0.15, -0.1) is 0 Å². The predicted molar refractivity (Wildman–Crippen MR) is 103 cm³/mol. The molecule has 7 heteroatoms. The molecule has 2 atom stereocenters. The summed E-state index contributed by atoms with van der Waals surface area (Å²) in [6.45, 7) is 9.57. The third-order valence-corrected chi connectivity index (χ3v) is 5.64. The van der Waals surface area contributed by atoms with Gasteiger partial charge in [0.1, 0.15) is 0 Å². The highest BCUT2D eigenvalue weighted by Gasteiger charge is 2.30. The first kappa shape index (κ1) is 18.5. The van der Waals surface area contributed by atoms with E-state index < -0.39 is 0 Å². The van der Waals surface area contributed by atoms with E-state index in [-0.39, 0.29) is 12.0 Å². The SMILES string of the molecule is CCC(C)N1CCN(c2cc(=O)n(C)n3cc(CC#N)nc23)C(CC)C1. The lowest BCUT2D eigenvalue weighted by Gasteiger charge is -2.44. The van der Waals surface area contributed by atoms with Crippen molar-refractivity contribution < 1.29 is 0 Å². The van der Waals surface area contributed by atoms with E-state index in [1.807, 2.05) is 0 Å². The Morgan fingerprint density at radius 1 is 1.38 bits per heavy atom. The van der Waals surface area contributed by atoms with Gasteiger partial charge >= 0.3 is 0 Å². The van der Waals surface area contributed by atoms with Crippen molar-refractivity contribution in [2.24, 2.45) is 7.05 Å². The van der Waals surface area contributed by atoms with Crippen LogP contribution >= 0.6 is 0 Å². The maximum absolute atomic E-state index is 12.5. The molecule has 0 bridgehead atoms. The average molecular weight is 356 g/mol. The Kier molecular flexibility index (Phi) is 5.33. The van der Waals surface area contributed by atoms with E-state index in [2.05, 4.69) is 41.6 Å². The van der Waals surface area contributed by atoms with Gasteiger partial charge in [0, 0.05) is 44.8 Å². The zero-order valence-corrected chi connectivity index (χ0v) is 16.1. The van der Waals surface area contributed by atoms with Crippen LogP contribution in [0.5, 0.6) is 0 Å². The largest absolute Gasteiger partial charge is 0.363 e. The van der Waals surface area contributed by atoms with Crippen molar-refractivity contribution in [1.82, 2.24) is 19.1 Å². The molecule has 0 N–H and O–H groups in total. The lowest BCUT2D eigenvalue weighted by molar-refractivity contribution is 0.165. The smallest absolute Gasteiger partial charge is 0.267 e. The van der Waals surface area contributed by atoms with Gasteiger partial charge in [0.2, 0.25) is 0 Å². The van der Waals surface area contributed by atoms with Crippen molar-refractivity contribution in [2.75, 3.05) is 24.5 Å². The van der Waals surface area contributed by atoms with Crippen molar-refractivity contribution in [2.45, 2.75) is 52.1 Å². The summed E-state index contributed by atoms with van der Waals surface area (Å²) >= 11 is 0. The van der Waals surface area contributed by atoms with Crippen LogP contribution in [0.4, 0.5) is 5.69 Å². The number of piperazine rings is 1. The summed E-state index contributed by atoms with van der Waals surface area (Å²) in [5.41, 5.74) is 2.27. The maximum atomic E-state index is 12.5. The number of hydrogen-bond donors (Lipinski definition) is 0. The molecule has 0 radical (unpaired) electrons. The normalized spacial score (nSPS) is 19.7. The van der Waals surface area contributed by atoms with Gasteiger partial charge < -0.3 is 4.90 Å². The molecule has 0 spiro atoms. The van der Waals surface area contributed by atoms with E-state index in [9.17, 15) is 4.79 Å². The van der Waals surface area contributed by atoms with E-state index in [4.69, 9.17) is 5.26 Å². The van der Waals surface area contributed by atoms with E-state index in [1.165, 1.54) is 0 Å². The minimum absolute atomic E-state index is 0.0624. The number of nitrogens with zero attached hydrogens (tertiary/aromatic N) is 6. The molecule has 0 aromatic carbocycles. The number of aryl methyl sites for hydroxylation is 1. The summed E-state index contributed by atoms with van der Waals surface area (Å²) < 4.78 is 3.32. The Morgan fingerprint density at radius 2 is 2.15 bits per heavy atom. The maximum Gasteiger partial charge on any atom is 0.267 e. The Labute approximate surface area is 154 Å². The summed E-state index contributed by atoms with van der Waals surface area (Å²) in [7, 11) is 1.73. The fraction of sp³-hybridized carbons (Fsp3) is 0.632. The van der Waals surface area contributed by atoms with Crippen LogP contribution < -0.4 is 10.5 Å². The molecular formula is C19H28N6O. The van der Waals surface area contributed by atoms with E-state index >= 15 is 0 Å². The molecule has 3 heterocycles. The molecule has 0 amide bonds. The first-order valence-electron chi connectivity index (χ1n) is 9.46. The summed E-state index contributed by atoms with van der Waals surface area (Å²) in [5, 5.41) is 8.99. The first-order chi connectivity index (χ1) is 12.5. The number of rotatable bonds is 5. The van der Waals surface area contributed by atoms with Crippen LogP contribution in [0.15, 0.2) is 17.1 Å². The van der Waals surface area contributed by atoms with Crippen molar-refractivity contribution in [1.29, 1.82) is 5.26 Å². The molecule has 1 fully saturated rings. The van der Waals surface area contributed by atoms with Crippen LogP contribution in [0, 0.1) is 11.3 Å². The quantitative estimate of drug-likeness (QED) is 0.817. The van der Waals surface area contributed by atoms with Crippen LogP contribution in [0.2, 0.25) is 0 Å². The summed E-state index contributed by atoms with van der Waals surface area (Å²) in [6.07, 6.45) is 4.19. The molecule has 7 nitrogen and oxygen atoms in total. The summed E-state index contributed by atoms with van der Waals surface area (Å²) in [5.74, 6) is 0. The average Bonchev–Trinajstić information content (AvgIpc) is 3.08. The molecule has 2 aromatic rings. The summed E-state index contributed by atoms with van der Waals surface area (Å²) in [6, 6.07) is 4.76. The second-order valence-electron chi connectivity index (χ2n) is 7.13. The van der Waals surface area contributed by atoms with Gasteiger partial charge in [-0.05, 0) is 19.8 Å². The van der Waals surface area contributed by atoms with Gasteiger partial charge in [-0.3, -0.25) is 9.69 Å². The molecule has 0 aliphatic carbocycles. The van der Waals surface area contributed by atoms with Crippen molar-refractivity contribution in [3.05, 3.63) is 28.3 Å². The van der Waals surface area contributed by atoms with Gasteiger partial charge in [0.25, 0.3) is 5.56 Å². The Morgan fingerprint density at radius 3 is 2.81 bits per heavy atom. The molecular weight excluding hydrogens is 328 g/mol. The lowest BCUT2D eigenvalue weighted by atomic mass is 10.1. The molecule has 1 saturated heterocycles. The highest BCUT2D eigenvalue weighted by atomic mass is 16.1. The molecule has 2 unspecified atom stereocenters. The fourth-order valence-corrected chi connectivity index (χ4v) is 3.78. The van der Waals surface area contributed by atoms with Gasteiger partial charge in [0.15, 0.2) is 5.65 Å². The highest BCUT2D eigenvalue weighted by molar-refractivity contribution is 5.69. The van der Waals surface area contributed by atoms with E-state index in [0.717, 1.165) is 43.8 Å². The minimum Gasteiger partial charge on any atom is -0.363 e. The number of fused-ring (bicyclic) bond motifs is 1. The molecule has 3 rings (SSSR count). The molecule has 26 heavy (non-hydrogen) atoms. The molecule has 1 aliphatic heterocycles. The zero-order valence-electron chi connectivity index (χ0n) is 16.1. The van der Waals surface area contributed by atoms with Crippen LogP contribution in [0.3, 0.4) is 0 Å². The van der Waals surface area contributed by atoms with Crippen molar-refractivity contribution in [3.8, 4) is 6.07 Å². The van der Waals surface area contributed by atoms with E-state index in [0.29, 0.717) is 17.8 Å². The van der Waals surface area contributed by atoms with Gasteiger partial charge in [-0.2, -0.15) is 5.26 Å². The van der Waals surface area contributed by atoms with Crippen LogP contribution in [-0.2, 0) is 13.5 Å². The van der Waals surface area contributed by atoms with Gasteiger partial charge in [-0.1, -0.05) is 13.8 Å². The monoisotopic (exact) mass is 356 g/mol. The van der Waals surface area contributed by atoms with Crippen LogP contribution in [-0.4, -0.2) is 50.8 Å². The van der Waals surface area contributed by atoms with E-state index in [1.54, 1.807) is 28.5 Å². The second kappa shape index (κ2) is 7.50. The molecule has 0 saturated carbocycles. The predicted octanol–water partition coefficient (Wildman–Crippen LogP) is 1.80. The third kappa shape index (κ3) is 3.21. The second-order valence-corrected chi connectivity index (χ2v) is 7.13.